The zero-order chi connectivity index (χ0) is 20.1. The maximum atomic E-state index is 12.6. The van der Waals surface area contributed by atoms with Crippen LogP contribution in [0.5, 0.6) is 0 Å². The van der Waals surface area contributed by atoms with Crippen LogP contribution in [0.1, 0.15) is 11.1 Å². The molecule has 6 nitrogen and oxygen atoms in total. The Morgan fingerprint density at radius 2 is 1.82 bits per heavy atom. The third-order valence-electron chi connectivity index (χ3n) is 4.44. The van der Waals surface area contributed by atoms with E-state index in [4.69, 9.17) is 16.3 Å². The van der Waals surface area contributed by atoms with Crippen LogP contribution in [-0.4, -0.2) is 44.9 Å². The van der Waals surface area contributed by atoms with Crippen LogP contribution < -0.4 is 5.32 Å². The fraction of sp³-hybridized carbons (Fsp3) is 0.250. The van der Waals surface area contributed by atoms with Crippen molar-refractivity contribution in [1.82, 2.24) is 4.31 Å². The average Bonchev–Trinajstić information content (AvgIpc) is 2.71. The highest BCUT2D eigenvalue weighted by Gasteiger charge is 2.25. The van der Waals surface area contributed by atoms with Crippen molar-refractivity contribution in [3.8, 4) is 0 Å². The molecule has 1 heterocycles. The fourth-order valence-corrected chi connectivity index (χ4v) is 4.36. The van der Waals surface area contributed by atoms with E-state index in [1.165, 1.54) is 10.4 Å². The molecule has 1 amide bonds. The van der Waals surface area contributed by atoms with Crippen molar-refractivity contribution in [3.63, 3.8) is 0 Å². The van der Waals surface area contributed by atoms with Crippen LogP contribution in [-0.2, 0) is 19.6 Å². The lowest BCUT2D eigenvalue weighted by Crippen LogP contribution is -2.40. The first-order valence-electron chi connectivity index (χ1n) is 8.80. The molecule has 1 aliphatic heterocycles. The van der Waals surface area contributed by atoms with Gasteiger partial charge in [-0.3, -0.25) is 4.79 Å². The van der Waals surface area contributed by atoms with Gasteiger partial charge in [-0.25, -0.2) is 8.42 Å². The number of nitrogens with one attached hydrogen (secondary N) is 1. The van der Waals surface area contributed by atoms with Gasteiger partial charge in [-0.15, -0.1) is 0 Å². The monoisotopic (exact) mass is 420 g/mol. The van der Waals surface area contributed by atoms with Gasteiger partial charge >= 0.3 is 0 Å². The minimum absolute atomic E-state index is 0.227. The van der Waals surface area contributed by atoms with Crippen molar-refractivity contribution in [2.24, 2.45) is 0 Å². The van der Waals surface area contributed by atoms with Gasteiger partial charge in [-0.2, -0.15) is 4.31 Å². The summed E-state index contributed by atoms with van der Waals surface area (Å²) in [5.74, 6) is -0.296. The van der Waals surface area contributed by atoms with E-state index in [2.05, 4.69) is 5.32 Å². The van der Waals surface area contributed by atoms with Gasteiger partial charge < -0.3 is 10.1 Å². The number of halogens is 1. The summed E-state index contributed by atoms with van der Waals surface area (Å²) < 4.78 is 31.8. The number of sulfonamides is 1. The van der Waals surface area contributed by atoms with E-state index in [0.717, 1.165) is 11.1 Å². The molecule has 1 N–H and O–H groups in total. The summed E-state index contributed by atoms with van der Waals surface area (Å²) in [6, 6.07) is 11.7. The lowest BCUT2D eigenvalue weighted by molar-refractivity contribution is -0.111. The molecule has 2 aromatic carbocycles. The number of carbonyl (C=O) groups excluding carboxylic acids is 1. The standard InChI is InChI=1S/C20H21ClN2O4S/c1-15-18(21)3-2-4-19(15)22-20(24)10-7-16-5-8-17(9-6-16)28(25,26)23-11-13-27-14-12-23/h2-10H,11-14H2,1H3,(H,22,24). The van der Waals surface area contributed by atoms with E-state index in [1.54, 1.807) is 48.5 Å². The Bertz CT molecular complexity index is 982. The van der Waals surface area contributed by atoms with Crippen molar-refractivity contribution < 1.29 is 17.9 Å². The molecule has 8 heteroatoms. The summed E-state index contributed by atoms with van der Waals surface area (Å²) >= 11 is 6.05. The van der Waals surface area contributed by atoms with Crippen molar-refractivity contribution in [2.75, 3.05) is 31.6 Å². The lowest BCUT2D eigenvalue weighted by Gasteiger charge is -2.26. The number of ether oxygens (including phenoxy) is 1. The molecule has 0 bridgehead atoms. The lowest BCUT2D eigenvalue weighted by atomic mass is 10.2. The quantitative estimate of drug-likeness (QED) is 0.753. The molecule has 0 unspecified atom stereocenters. The number of hydrogen-bond donors (Lipinski definition) is 1. The molecular weight excluding hydrogens is 400 g/mol. The van der Waals surface area contributed by atoms with Crippen LogP contribution >= 0.6 is 11.6 Å². The number of amides is 1. The molecule has 0 atom stereocenters. The molecule has 0 aromatic heterocycles. The zero-order valence-corrected chi connectivity index (χ0v) is 17.0. The van der Waals surface area contributed by atoms with Crippen LogP contribution in [0.25, 0.3) is 6.08 Å². The zero-order valence-electron chi connectivity index (χ0n) is 15.4. The summed E-state index contributed by atoms with van der Waals surface area (Å²) in [7, 11) is -3.52. The number of anilines is 1. The number of morpholine rings is 1. The van der Waals surface area contributed by atoms with Gasteiger partial charge in [0.15, 0.2) is 0 Å². The predicted octanol–water partition coefficient (Wildman–Crippen LogP) is 3.32. The van der Waals surface area contributed by atoms with Gasteiger partial charge in [0.25, 0.3) is 0 Å². The third kappa shape index (κ3) is 4.80. The van der Waals surface area contributed by atoms with E-state index in [1.807, 2.05) is 6.92 Å². The number of carbonyl (C=O) groups is 1. The van der Waals surface area contributed by atoms with Gasteiger partial charge in [0.2, 0.25) is 15.9 Å². The second-order valence-electron chi connectivity index (χ2n) is 6.32. The van der Waals surface area contributed by atoms with E-state index >= 15 is 0 Å². The summed E-state index contributed by atoms with van der Waals surface area (Å²) in [4.78, 5) is 12.4. The van der Waals surface area contributed by atoms with E-state index in [-0.39, 0.29) is 10.8 Å². The molecule has 1 saturated heterocycles. The Hall–Kier alpha value is -2.19. The Labute approximate surface area is 169 Å². The van der Waals surface area contributed by atoms with Crippen molar-refractivity contribution in [2.45, 2.75) is 11.8 Å². The summed E-state index contributed by atoms with van der Waals surface area (Å²) in [6.45, 7) is 3.35. The van der Waals surface area contributed by atoms with Crippen LogP contribution in [0.4, 0.5) is 5.69 Å². The number of hydrogen-bond acceptors (Lipinski definition) is 4. The smallest absolute Gasteiger partial charge is 0.248 e. The molecule has 3 rings (SSSR count). The highest BCUT2D eigenvalue weighted by molar-refractivity contribution is 7.89. The molecule has 0 saturated carbocycles. The van der Waals surface area contributed by atoms with E-state index < -0.39 is 10.0 Å². The topological polar surface area (TPSA) is 75.7 Å². The molecule has 2 aromatic rings. The Morgan fingerprint density at radius 3 is 2.50 bits per heavy atom. The van der Waals surface area contributed by atoms with Crippen molar-refractivity contribution in [1.29, 1.82) is 0 Å². The maximum absolute atomic E-state index is 12.6. The van der Waals surface area contributed by atoms with Gasteiger partial charge in [0.05, 0.1) is 18.1 Å². The average molecular weight is 421 g/mol. The van der Waals surface area contributed by atoms with E-state index in [0.29, 0.717) is 37.0 Å². The minimum atomic E-state index is -3.52. The number of benzene rings is 2. The first-order chi connectivity index (χ1) is 13.4. The highest BCUT2D eigenvalue weighted by atomic mass is 35.5. The highest BCUT2D eigenvalue weighted by Crippen LogP contribution is 2.23. The van der Waals surface area contributed by atoms with Crippen molar-refractivity contribution in [3.05, 3.63) is 64.7 Å². The van der Waals surface area contributed by atoms with Gasteiger partial charge in [-0.05, 0) is 48.4 Å². The summed E-state index contributed by atoms with van der Waals surface area (Å²) in [5.41, 5.74) is 2.16. The van der Waals surface area contributed by atoms with Crippen LogP contribution in [0.15, 0.2) is 53.4 Å². The fourth-order valence-electron chi connectivity index (χ4n) is 2.78. The van der Waals surface area contributed by atoms with Crippen LogP contribution in [0.3, 0.4) is 0 Å². The van der Waals surface area contributed by atoms with Crippen LogP contribution in [0.2, 0.25) is 5.02 Å². The first kappa shape index (κ1) is 20.5. The second kappa shape index (κ2) is 8.87. The Balaban J connectivity index is 1.66. The minimum Gasteiger partial charge on any atom is -0.379 e. The molecule has 28 heavy (non-hydrogen) atoms. The normalized spacial score (nSPS) is 15.6. The Kier molecular flexibility index (Phi) is 6.51. The largest absolute Gasteiger partial charge is 0.379 e. The molecule has 1 fully saturated rings. The van der Waals surface area contributed by atoms with Gasteiger partial charge in [0.1, 0.15) is 0 Å². The molecule has 0 radical (unpaired) electrons. The van der Waals surface area contributed by atoms with Gasteiger partial charge in [0, 0.05) is 29.9 Å². The van der Waals surface area contributed by atoms with Crippen molar-refractivity contribution >= 4 is 39.3 Å². The predicted molar refractivity (Wildman–Crippen MR) is 110 cm³/mol. The van der Waals surface area contributed by atoms with Gasteiger partial charge in [-0.1, -0.05) is 29.8 Å². The summed E-state index contributed by atoms with van der Waals surface area (Å²) in [5, 5.41) is 3.36. The second-order valence-corrected chi connectivity index (χ2v) is 8.67. The van der Waals surface area contributed by atoms with E-state index in [9.17, 15) is 13.2 Å². The molecule has 148 valence electrons. The molecule has 0 spiro atoms. The maximum Gasteiger partial charge on any atom is 0.248 e. The molecule has 0 aliphatic carbocycles. The molecule has 1 aliphatic rings. The first-order valence-corrected chi connectivity index (χ1v) is 10.6. The molecular formula is C20H21ClN2O4S. The number of rotatable bonds is 5. The Morgan fingerprint density at radius 1 is 1.14 bits per heavy atom. The third-order valence-corrected chi connectivity index (χ3v) is 6.76. The summed E-state index contributed by atoms with van der Waals surface area (Å²) in [6.07, 6.45) is 3.02. The van der Waals surface area contributed by atoms with Crippen LogP contribution in [0, 0.1) is 6.92 Å². The number of nitrogens with zero attached hydrogens (tertiary/aromatic N) is 1. The SMILES string of the molecule is Cc1c(Cl)cccc1NC(=O)C=Cc1ccc(S(=O)(=O)N2CCOCC2)cc1.